The van der Waals surface area contributed by atoms with E-state index in [0.29, 0.717) is 18.3 Å². The van der Waals surface area contributed by atoms with E-state index in [9.17, 15) is 14.7 Å². The van der Waals surface area contributed by atoms with Crippen LogP contribution in [0.4, 0.5) is 0 Å². The summed E-state index contributed by atoms with van der Waals surface area (Å²) in [6.45, 7) is 9.16. The van der Waals surface area contributed by atoms with E-state index in [1.165, 1.54) is 13.8 Å². The molecule has 0 aromatic carbocycles. The first-order chi connectivity index (χ1) is 11.6. The Bertz CT molecular complexity index is 609. The molecular weight excluding hydrogens is 324 g/mol. The fourth-order valence-electron chi connectivity index (χ4n) is 4.43. The second-order valence-corrected chi connectivity index (χ2v) is 8.31. The molecule has 1 saturated heterocycles. The van der Waals surface area contributed by atoms with E-state index in [2.05, 4.69) is 19.9 Å². The third-order valence-electron chi connectivity index (χ3n) is 6.16. The Morgan fingerprint density at radius 3 is 2.60 bits per heavy atom. The topological polar surface area (TPSA) is 85.4 Å². The Morgan fingerprint density at radius 2 is 2.00 bits per heavy atom. The van der Waals surface area contributed by atoms with Crippen LogP contribution in [0.2, 0.25) is 0 Å². The zero-order valence-electron chi connectivity index (χ0n) is 15.6. The molecule has 6 heteroatoms. The van der Waals surface area contributed by atoms with E-state index in [1.807, 2.05) is 6.92 Å². The summed E-state index contributed by atoms with van der Waals surface area (Å²) in [4.78, 5) is 22.7. The lowest BCUT2D eigenvalue weighted by Crippen LogP contribution is -2.40. The molecule has 0 aromatic rings. The molecular formula is C19H28O6. The fraction of sp³-hybridized carbons (Fsp3) is 0.789. The van der Waals surface area contributed by atoms with Gasteiger partial charge >= 0.3 is 11.9 Å². The van der Waals surface area contributed by atoms with Crippen LogP contribution in [0.3, 0.4) is 0 Å². The zero-order chi connectivity index (χ0) is 18.6. The predicted octanol–water partition coefficient (Wildman–Crippen LogP) is 1.99. The zero-order valence-corrected chi connectivity index (χ0v) is 15.6. The Hall–Kier alpha value is -1.40. The van der Waals surface area contributed by atoms with Gasteiger partial charge in [-0.2, -0.15) is 0 Å². The number of fused-ring (bicyclic) bond motifs is 2. The van der Waals surface area contributed by atoms with Crippen LogP contribution in [0.5, 0.6) is 0 Å². The molecule has 3 rings (SSSR count). The molecule has 0 spiro atoms. The maximum atomic E-state index is 11.5. The summed E-state index contributed by atoms with van der Waals surface area (Å²) in [6.07, 6.45) is 1.59. The normalized spacial score (nSPS) is 43.6. The first kappa shape index (κ1) is 18.4. The number of rotatable bonds is 3. The summed E-state index contributed by atoms with van der Waals surface area (Å²) < 4.78 is 16.4. The number of hydrogen-bond donors (Lipinski definition) is 1. The SMILES string of the molecule is CC(=O)OC[C@@]12CC[C@H]3[C@@H](/C=C(\C)[C@H](OC(C)=O)[C@H](O)[C@H]1O2)C3(C)C. The maximum absolute atomic E-state index is 11.5. The number of epoxide rings is 1. The van der Waals surface area contributed by atoms with Gasteiger partial charge < -0.3 is 19.3 Å². The summed E-state index contributed by atoms with van der Waals surface area (Å²) in [5.41, 5.74) is 0.344. The molecule has 2 aliphatic carbocycles. The minimum absolute atomic E-state index is 0.122. The van der Waals surface area contributed by atoms with Crippen LogP contribution in [0.15, 0.2) is 11.6 Å². The molecule has 25 heavy (non-hydrogen) atoms. The number of aliphatic hydroxyl groups is 1. The highest BCUT2D eigenvalue weighted by Gasteiger charge is 2.65. The monoisotopic (exact) mass is 352 g/mol. The van der Waals surface area contributed by atoms with Crippen molar-refractivity contribution in [1.29, 1.82) is 0 Å². The molecule has 1 aliphatic heterocycles. The maximum Gasteiger partial charge on any atom is 0.303 e. The van der Waals surface area contributed by atoms with Gasteiger partial charge in [0.25, 0.3) is 0 Å². The van der Waals surface area contributed by atoms with Gasteiger partial charge in [-0.05, 0) is 42.6 Å². The number of ether oxygens (including phenoxy) is 3. The summed E-state index contributed by atoms with van der Waals surface area (Å²) >= 11 is 0. The van der Waals surface area contributed by atoms with Crippen molar-refractivity contribution in [2.24, 2.45) is 17.3 Å². The third-order valence-corrected chi connectivity index (χ3v) is 6.16. The minimum atomic E-state index is -0.978. The number of carbonyl (C=O) groups is 2. The predicted molar refractivity (Wildman–Crippen MR) is 89.5 cm³/mol. The molecule has 2 fully saturated rings. The van der Waals surface area contributed by atoms with Gasteiger partial charge in [0.05, 0.1) is 0 Å². The van der Waals surface area contributed by atoms with Crippen molar-refractivity contribution in [1.82, 2.24) is 0 Å². The van der Waals surface area contributed by atoms with Crippen LogP contribution in [-0.2, 0) is 23.8 Å². The summed E-state index contributed by atoms with van der Waals surface area (Å²) in [5.74, 6) is 0.0905. The van der Waals surface area contributed by atoms with Crippen molar-refractivity contribution in [3.8, 4) is 0 Å². The second-order valence-electron chi connectivity index (χ2n) is 8.31. The minimum Gasteiger partial charge on any atom is -0.463 e. The van der Waals surface area contributed by atoms with Gasteiger partial charge in [0.15, 0.2) is 6.10 Å². The highest BCUT2D eigenvalue weighted by molar-refractivity contribution is 5.66. The Morgan fingerprint density at radius 1 is 1.32 bits per heavy atom. The van der Waals surface area contributed by atoms with Crippen molar-refractivity contribution in [3.05, 3.63) is 11.6 Å². The molecule has 0 radical (unpaired) electrons. The van der Waals surface area contributed by atoms with Gasteiger partial charge in [-0.15, -0.1) is 0 Å². The van der Waals surface area contributed by atoms with Crippen molar-refractivity contribution in [2.45, 2.75) is 71.4 Å². The summed E-state index contributed by atoms with van der Waals surface area (Å²) in [7, 11) is 0. The average Bonchev–Trinajstić information content (AvgIpc) is 3.35. The fourth-order valence-corrected chi connectivity index (χ4v) is 4.43. The van der Waals surface area contributed by atoms with E-state index in [0.717, 1.165) is 12.0 Å². The number of esters is 2. The molecule has 0 amide bonds. The molecule has 1 heterocycles. The third kappa shape index (κ3) is 3.34. The van der Waals surface area contributed by atoms with Crippen LogP contribution in [-0.4, -0.2) is 47.6 Å². The lowest BCUT2D eigenvalue weighted by atomic mass is 9.89. The van der Waals surface area contributed by atoms with Gasteiger partial charge in [-0.3, -0.25) is 9.59 Å². The first-order valence-electron chi connectivity index (χ1n) is 8.93. The smallest absolute Gasteiger partial charge is 0.303 e. The average molecular weight is 352 g/mol. The first-order valence-corrected chi connectivity index (χ1v) is 8.93. The lowest BCUT2D eigenvalue weighted by molar-refractivity contribution is -0.150. The Balaban J connectivity index is 1.88. The standard InChI is InChI=1S/C19H28O6/c1-10-8-14-13(18(14,4)5)6-7-19(9-23-11(2)20)17(25-19)15(22)16(10)24-12(3)21/h8,13-17,22H,6-7,9H2,1-5H3/b10-8+/t13-,14+,15-,16-,17+,19-/m0/s1. The van der Waals surface area contributed by atoms with Crippen molar-refractivity contribution in [3.63, 3.8) is 0 Å². The molecule has 0 unspecified atom stereocenters. The molecule has 6 atom stereocenters. The number of allylic oxidation sites excluding steroid dienone is 1. The van der Waals surface area contributed by atoms with Crippen LogP contribution in [0.25, 0.3) is 0 Å². The van der Waals surface area contributed by atoms with Crippen LogP contribution < -0.4 is 0 Å². The highest BCUT2D eigenvalue weighted by atomic mass is 16.7. The number of carbonyl (C=O) groups excluding carboxylic acids is 2. The number of hydrogen-bond acceptors (Lipinski definition) is 6. The quantitative estimate of drug-likeness (QED) is 0.475. The Kier molecular flexibility index (Phi) is 4.48. The van der Waals surface area contributed by atoms with Gasteiger partial charge in [0, 0.05) is 13.8 Å². The van der Waals surface area contributed by atoms with Gasteiger partial charge in [-0.25, -0.2) is 0 Å². The summed E-state index contributed by atoms with van der Waals surface area (Å²) in [5, 5.41) is 10.8. The van der Waals surface area contributed by atoms with Crippen LogP contribution >= 0.6 is 0 Å². The largest absolute Gasteiger partial charge is 0.463 e. The van der Waals surface area contributed by atoms with Crippen molar-refractivity contribution in [2.75, 3.05) is 6.61 Å². The number of aliphatic hydroxyl groups excluding tert-OH is 1. The molecule has 0 bridgehead atoms. The molecule has 0 aromatic heterocycles. The van der Waals surface area contributed by atoms with Crippen molar-refractivity contribution >= 4 is 11.9 Å². The molecule has 1 saturated carbocycles. The Labute approximate surface area is 148 Å². The summed E-state index contributed by atoms with van der Waals surface area (Å²) in [6, 6.07) is 0. The van der Waals surface area contributed by atoms with Crippen LogP contribution in [0, 0.1) is 17.3 Å². The van der Waals surface area contributed by atoms with E-state index >= 15 is 0 Å². The highest BCUT2D eigenvalue weighted by Crippen LogP contribution is 2.63. The van der Waals surface area contributed by atoms with Crippen LogP contribution in [0.1, 0.15) is 47.5 Å². The van der Waals surface area contributed by atoms with E-state index in [-0.39, 0.29) is 18.0 Å². The molecule has 3 aliphatic rings. The van der Waals surface area contributed by atoms with Crippen molar-refractivity contribution < 1.29 is 28.9 Å². The van der Waals surface area contributed by atoms with Gasteiger partial charge in [0.1, 0.15) is 24.4 Å². The van der Waals surface area contributed by atoms with E-state index in [1.54, 1.807) is 0 Å². The van der Waals surface area contributed by atoms with Gasteiger partial charge in [-0.1, -0.05) is 19.9 Å². The molecule has 1 N–H and O–H groups in total. The molecule has 6 nitrogen and oxygen atoms in total. The van der Waals surface area contributed by atoms with E-state index < -0.39 is 29.9 Å². The van der Waals surface area contributed by atoms with Gasteiger partial charge in [0.2, 0.25) is 0 Å². The second kappa shape index (κ2) is 6.09. The lowest BCUT2D eigenvalue weighted by Gasteiger charge is -2.25. The van der Waals surface area contributed by atoms with E-state index in [4.69, 9.17) is 14.2 Å². The molecule has 140 valence electrons.